The maximum Gasteiger partial charge on any atom is 0.245 e. The number of rotatable bonds is 8. The van der Waals surface area contributed by atoms with Crippen molar-refractivity contribution in [1.29, 1.82) is 0 Å². The van der Waals surface area contributed by atoms with Crippen LogP contribution in [0.4, 0.5) is 11.4 Å². The van der Waals surface area contributed by atoms with E-state index in [1.165, 1.54) is 6.42 Å². The number of para-hydroxylation sites is 1. The van der Waals surface area contributed by atoms with E-state index in [0.717, 1.165) is 62.0 Å². The molecule has 188 valence electrons. The number of benzene rings is 2. The Labute approximate surface area is 210 Å². The van der Waals surface area contributed by atoms with Crippen LogP contribution in [0, 0.1) is 5.92 Å². The van der Waals surface area contributed by atoms with Crippen LogP contribution in [-0.4, -0.2) is 49.4 Å². The Balaban J connectivity index is 1.56. The summed E-state index contributed by atoms with van der Waals surface area (Å²) < 4.78 is 0. The van der Waals surface area contributed by atoms with E-state index in [1.54, 1.807) is 7.05 Å². The number of carbonyl (C=O) groups excluding carboxylic acids is 2. The molecule has 3 atom stereocenters. The van der Waals surface area contributed by atoms with Gasteiger partial charge in [0.15, 0.2) is 0 Å². The van der Waals surface area contributed by atoms with E-state index in [4.69, 9.17) is 0 Å². The third-order valence-corrected chi connectivity index (χ3v) is 7.83. The van der Waals surface area contributed by atoms with Crippen molar-refractivity contribution in [3.8, 4) is 0 Å². The van der Waals surface area contributed by atoms with Crippen molar-refractivity contribution in [3.63, 3.8) is 0 Å². The molecule has 35 heavy (non-hydrogen) atoms. The number of anilines is 2. The van der Waals surface area contributed by atoms with Crippen molar-refractivity contribution < 1.29 is 9.59 Å². The largest absolute Gasteiger partial charge is 0.345 e. The first kappa shape index (κ1) is 25.2. The Morgan fingerprint density at radius 2 is 1.66 bits per heavy atom. The smallest absolute Gasteiger partial charge is 0.245 e. The quantitative estimate of drug-likeness (QED) is 0.575. The van der Waals surface area contributed by atoms with Crippen LogP contribution in [0.15, 0.2) is 54.6 Å². The monoisotopic (exact) mass is 476 g/mol. The summed E-state index contributed by atoms with van der Waals surface area (Å²) in [5.74, 6) is 0.192. The Kier molecular flexibility index (Phi) is 8.45. The number of nitrogens with zero attached hydrogens (tertiary/aromatic N) is 2. The Bertz CT molecular complexity index is 989. The van der Waals surface area contributed by atoms with Gasteiger partial charge >= 0.3 is 0 Å². The first-order chi connectivity index (χ1) is 17.0. The average molecular weight is 477 g/mol. The van der Waals surface area contributed by atoms with Crippen molar-refractivity contribution in [2.24, 2.45) is 5.92 Å². The molecular weight excluding hydrogens is 436 g/mol. The lowest BCUT2D eigenvalue weighted by molar-refractivity contribution is -0.139. The van der Waals surface area contributed by atoms with E-state index in [2.05, 4.69) is 59.0 Å². The Morgan fingerprint density at radius 3 is 2.37 bits per heavy atom. The highest BCUT2D eigenvalue weighted by molar-refractivity contribution is 5.90. The fraction of sp³-hybridized carbons (Fsp3) is 0.517. The number of hydrogen-bond donors (Lipinski definition) is 2. The summed E-state index contributed by atoms with van der Waals surface area (Å²) in [6.07, 6.45) is 7.40. The van der Waals surface area contributed by atoms with Crippen LogP contribution in [0.2, 0.25) is 0 Å². The third kappa shape index (κ3) is 5.87. The maximum atomic E-state index is 14.0. The molecule has 0 spiro atoms. The van der Waals surface area contributed by atoms with Crippen LogP contribution in [-0.2, 0) is 9.59 Å². The van der Waals surface area contributed by atoms with Crippen molar-refractivity contribution in [2.45, 2.75) is 70.0 Å². The number of carbonyl (C=O) groups is 2. The van der Waals surface area contributed by atoms with Gasteiger partial charge in [-0.05, 0) is 75.4 Å². The van der Waals surface area contributed by atoms with Crippen LogP contribution in [0.1, 0.15) is 63.5 Å². The zero-order valence-corrected chi connectivity index (χ0v) is 21.4. The van der Waals surface area contributed by atoms with Crippen molar-refractivity contribution in [2.75, 3.05) is 25.5 Å². The van der Waals surface area contributed by atoms with Gasteiger partial charge < -0.3 is 20.4 Å². The summed E-state index contributed by atoms with van der Waals surface area (Å²) >= 11 is 0. The highest BCUT2D eigenvalue weighted by Gasteiger charge is 2.39. The molecule has 2 aromatic carbocycles. The van der Waals surface area contributed by atoms with Crippen LogP contribution < -0.4 is 15.5 Å². The van der Waals surface area contributed by atoms with E-state index < -0.39 is 6.04 Å². The molecule has 6 heteroatoms. The molecule has 2 fully saturated rings. The van der Waals surface area contributed by atoms with Gasteiger partial charge in [-0.1, -0.05) is 49.6 Å². The fourth-order valence-corrected chi connectivity index (χ4v) is 5.56. The van der Waals surface area contributed by atoms with Crippen molar-refractivity contribution in [3.05, 3.63) is 60.2 Å². The molecule has 2 N–H and O–H groups in total. The van der Waals surface area contributed by atoms with Crippen LogP contribution in [0.5, 0.6) is 0 Å². The second-order valence-electron chi connectivity index (χ2n) is 10.1. The summed E-state index contributed by atoms with van der Waals surface area (Å²) in [4.78, 5) is 31.0. The molecule has 1 saturated carbocycles. The lowest BCUT2D eigenvalue weighted by Gasteiger charge is -2.35. The minimum absolute atomic E-state index is 0.0383. The SMILES string of the molecule is CNC(C)C(=O)N[C@H](C(=O)N1CCCC1c1cccc(N(C)c2ccccc2)c1)C1CCCCC1. The van der Waals surface area contributed by atoms with E-state index >= 15 is 0 Å². The molecule has 2 aromatic rings. The predicted molar refractivity (Wildman–Crippen MR) is 142 cm³/mol. The molecule has 0 radical (unpaired) electrons. The second-order valence-corrected chi connectivity index (χ2v) is 10.1. The zero-order valence-electron chi connectivity index (χ0n) is 21.4. The summed E-state index contributed by atoms with van der Waals surface area (Å²) in [5.41, 5.74) is 3.39. The average Bonchev–Trinajstić information content (AvgIpc) is 3.41. The van der Waals surface area contributed by atoms with Crippen molar-refractivity contribution >= 4 is 23.2 Å². The normalized spacial score (nSPS) is 20.3. The van der Waals surface area contributed by atoms with Crippen molar-refractivity contribution in [1.82, 2.24) is 15.5 Å². The van der Waals surface area contributed by atoms with E-state index in [1.807, 2.05) is 30.0 Å². The van der Waals surface area contributed by atoms with Gasteiger partial charge in [0.25, 0.3) is 0 Å². The van der Waals surface area contributed by atoms with Crippen LogP contribution in [0.25, 0.3) is 0 Å². The number of amides is 2. The Morgan fingerprint density at radius 1 is 0.943 bits per heavy atom. The fourth-order valence-electron chi connectivity index (χ4n) is 5.56. The lowest BCUT2D eigenvalue weighted by atomic mass is 9.83. The molecular formula is C29H40N4O2. The van der Waals surface area contributed by atoms with Gasteiger partial charge in [0.1, 0.15) is 6.04 Å². The predicted octanol–water partition coefficient (Wildman–Crippen LogP) is 4.79. The highest BCUT2D eigenvalue weighted by Crippen LogP contribution is 2.37. The van der Waals surface area contributed by atoms with Gasteiger partial charge in [0.05, 0.1) is 12.1 Å². The van der Waals surface area contributed by atoms with Gasteiger partial charge in [0, 0.05) is 25.0 Å². The van der Waals surface area contributed by atoms with Gasteiger partial charge in [-0.2, -0.15) is 0 Å². The molecule has 1 aliphatic carbocycles. The maximum absolute atomic E-state index is 14.0. The first-order valence-corrected chi connectivity index (χ1v) is 13.2. The molecule has 2 unspecified atom stereocenters. The highest BCUT2D eigenvalue weighted by atomic mass is 16.2. The zero-order chi connectivity index (χ0) is 24.8. The third-order valence-electron chi connectivity index (χ3n) is 7.83. The van der Waals surface area contributed by atoms with E-state index in [-0.39, 0.29) is 29.8 Å². The lowest BCUT2D eigenvalue weighted by Crippen LogP contribution is -2.55. The van der Waals surface area contributed by atoms with Gasteiger partial charge in [-0.15, -0.1) is 0 Å². The standard InChI is InChI=1S/C29H40N4O2/c1-21(30-2)28(34)31-27(22-12-6-4-7-13-22)29(35)33-19-11-18-26(33)23-14-10-17-25(20-23)32(3)24-15-8-5-9-16-24/h5,8-10,14-17,20-22,26-27,30H,4,6-7,11-13,18-19H2,1-3H3,(H,31,34)/t21?,26?,27-/m0/s1. The molecule has 1 aliphatic heterocycles. The topological polar surface area (TPSA) is 64.7 Å². The van der Waals surface area contributed by atoms with Crippen LogP contribution in [0.3, 0.4) is 0 Å². The molecule has 2 aliphatic rings. The number of likely N-dealkylation sites (tertiary alicyclic amines) is 1. The molecule has 4 rings (SSSR count). The molecule has 0 bridgehead atoms. The van der Waals surface area contributed by atoms with Gasteiger partial charge in [-0.25, -0.2) is 0 Å². The molecule has 1 heterocycles. The summed E-state index contributed by atoms with van der Waals surface area (Å²) in [5, 5.41) is 6.14. The van der Waals surface area contributed by atoms with Crippen LogP contribution >= 0.6 is 0 Å². The number of nitrogens with one attached hydrogen (secondary N) is 2. The summed E-state index contributed by atoms with van der Waals surface area (Å²) in [6.45, 7) is 2.58. The Hall–Kier alpha value is -2.86. The molecule has 2 amide bonds. The number of hydrogen-bond acceptors (Lipinski definition) is 4. The van der Waals surface area contributed by atoms with E-state index in [9.17, 15) is 9.59 Å². The first-order valence-electron chi connectivity index (χ1n) is 13.2. The molecule has 6 nitrogen and oxygen atoms in total. The molecule has 1 saturated heterocycles. The minimum atomic E-state index is -0.450. The van der Waals surface area contributed by atoms with Gasteiger partial charge in [-0.3, -0.25) is 9.59 Å². The van der Waals surface area contributed by atoms with Gasteiger partial charge in [0.2, 0.25) is 11.8 Å². The summed E-state index contributed by atoms with van der Waals surface area (Å²) in [7, 11) is 3.85. The second kappa shape index (κ2) is 11.7. The summed E-state index contributed by atoms with van der Waals surface area (Å²) in [6, 6.07) is 18.1. The molecule has 0 aromatic heterocycles. The number of likely N-dealkylation sites (N-methyl/N-ethyl adjacent to an activating group) is 1. The van der Waals surface area contributed by atoms with E-state index in [0.29, 0.717) is 0 Å². The minimum Gasteiger partial charge on any atom is -0.345 e.